The number of methoxy groups -OCH3 is 1. The van der Waals surface area contributed by atoms with Crippen molar-refractivity contribution in [2.45, 2.75) is 103 Å². The molecule has 2 unspecified atom stereocenters. The lowest BCUT2D eigenvalue weighted by Crippen LogP contribution is -2.52. The van der Waals surface area contributed by atoms with Gasteiger partial charge in [0.25, 0.3) is 0 Å². The molecule has 4 aliphatic rings. The highest BCUT2D eigenvalue weighted by atomic mass is 28.4. The van der Waals surface area contributed by atoms with Crippen LogP contribution in [0, 0.1) is 22.7 Å². The summed E-state index contributed by atoms with van der Waals surface area (Å²) in [6, 6.07) is 0.936. The molecule has 4 rings (SSSR count). The number of esters is 1. The van der Waals surface area contributed by atoms with Crippen LogP contribution in [0.15, 0.2) is 12.2 Å². The van der Waals surface area contributed by atoms with Crippen LogP contribution in [-0.2, 0) is 28.2 Å². The summed E-state index contributed by atoms with van der Waals surface area (Å²) in [6.07, 6.45) is 11.5. The van der Waals surface area contributed by atoms with E-state index in [1.165, 1.54) is 7.11 Å². The molecule has 0 N–H and O–H groups in total. The average Bonchev–Trinajstić information content (AvgIpc) is 3.23. The summed E-state index contributed by atoms with van der Waals surface area (Å²) in [5, 5.41) is 0. The molecule has 2 saturated carbocycles. The Labute approximate surface area is 206 Å². The molecule has 7 heteroatoms. The molecule has 0 aromatic heterocycles. The van der Waals surface area contributed by atoms with Crippen molar-refractivity contribution in [3.63, 3.8) is 0 Å². The standard InChI is InChI=1S/C27H44O6Si/c1-25(2)21-16-22(28)26(18-23(29)30-3,20-17-27(21,25)33-34(4,5)19-20)13-9-6-7-10-14-31-24-12-8-11-15-32-24/h7,10,20-21,24H,6,8-9,11-19H2,1-5H3/b10-7+/t20-,21+,24?,26?,27-/m0/s1. The molecule has 2 aliphatic carbocycles. The second-order valence-electron chi connectivity index (χ2n) is 12.2. The van der Waals surface area contributed by atoms with E-state index < -0.39 is 13.7 Å². The lowest BCUT2D eigenvalue weighted by atomic mass is 9.64. The SMILES string of the molecule is COC(=O)CC1(CCC/C=C/COC2CCCCO2)C(=O)C[C@@H]2C(C)(C)[C@]23C[C@H]1C[Si](C)(C)O3. The van der Waals surface area contributed by atoms with Gasteiger partial charge in [-0.2, -0.15) is 0 Å². The maximum absolute atomic E-state index is 13.9. The Hall–Kier alpha value is -1.02. The number of ketones is 1. The van der Waals surface area contributed by atoms with Crippen LogP contribution in [0.4, 0.5) is 0 Å². The largest absolute Gasteiger partial charge is 0.469 e. The predicted octanol–water partition coefficient (Wildman–Crippen LogP) is 5.41. The van der Waals surface area contributed by atoms with E-state index in [2.05, 4.69) is 39.1 Å². The number of fused-ring (bicyclic) bond motifs is 1. The zero-order valence-corrected chi connectivity index (χ0v) is 22.8. The van der Waals surface area contributed by atoms with Crippen LogP contribution < -0.4 is 0 Å². The molecule has 2 bridgehead atoms. The number of ether oxygens (including phenoxy) is 3. The fourth-order valence-corrected chi connectivity index (χ4v) is 10.6. The van der Waals surface area contributed by atoms with Crippen molar-refractivity contribution < 1.29 is 28.2 Å². The summed E-state index contributed by atoms with van der Waals surface area (Å²) >= 11 is 0. The quantitative estimate of drug-likeness (QED) is 0.185. The van der Waals surface area contributed by atoms with Gasteiger partial charge in [0.05, 0.1) is 25.7 Å². The molecule has 0 amide bonds. The molecule has 192 valence electrons. The second kappa shape index (κ2) is 9.79. The van der Waals surface area contributed by atoms with E-state index in [-0.39, 0.29) is 47.3 Å². The van der Waals surface area contributed by atoms with Crippen molar-refractivity contribution in [3.05, 3.63) is 12.2 Å². The first kappa shape index (κ1) is 26.1. The fourth-order valence-electron chi connectivity index (χ4n) is 7.30. The topological polar surface area (TPSA) is 71.1 Å². The highest BCUT2D eigenvalue weighted by Crippen LogP contribution is 2.74. The molecule has 2 saturated heterocycles. The van der Waals surface area contributed by atoms with Crippen molar-refractivity contribution in [3.8, 4) is 0 Å². The Morgan fingerprint density at radius 2 is 2.03 bits per heavy atom. The van der Waals surface area contributed by atoms with E-state index >= 15 is 0 Å². The average molecular weight is 493 g/mol. The van der Waals surface area contributed by atoms with Crippen LogP contribution in [-0.4, -0.2) is 52.3 Å². The molecule has 2 aliphatic heterocycles. The van der Waals surface area contributed by atoms with Gasteiger partial charge in [-0.05, 0) is 75.4 Å². The van der Waals surface area contributed by atoms with E-state index in [9.17, 15) is 9.59 Å². The zero-order chi connectivity index (χ0) is 24.6. The number of hydrogen-bond acceptors (Lipinski definition) is 6. The third-order valence-electron chi connectivity index (χ3n) is 9.28. The normalized spacial score (nSPS) is 38.3. The van der Waals surface area contributed by atoms with Crippen LogP contribution in [0.2, 0.25) is 19.1 Å². The molecule has 0 aromatic rings. The summed E-state index contributed by atoms with van der Waals surface area (Å²) in [7, 11) is -0.515. The highest BCUT2D eigenvalue weighted by molar-refractivity contribution is 6.71. The number of allylic oxidation sites excluding steroid dienone is 1. The molecule has 5 atom stereocenters. The highest BCUT2D eigenvalue weighted by Gasteiger charge is 2.78. The summed E-state index contributed by atoms with van der Waals surface area (Å²) in [4.78, 5) is 26.5. The van der Waals surface area contributed by atoms with Crippen molar-refractivity contribution >= 4 is 20.1 Å². The van der Waals surface area contributed by atoms with Gasteiger partial charge in [0.15, 0.2) is 14.6 Å². The summed E-state index contributed by atoms with van der Waals surface area (Å²) in [5.41, 5.74) is -0.774. The number of unbranched alkanes of at least 4 members (excludes halogenated alkanes) is 1. The Morgan fingerprint density at radius 1 is 1.24 bits per heavy atom. The zero-order valence-electron chi connectivity index (χ0n) is 21.8. The van der Waals surface area contributed by atoms with Gasteiger partial charge in [0.1, 0.15) is 5.78 Å². The van der Waals surface area contributed by atoms with Crippen LogP contribution in [0.1, 0.15) is 71.6 Å². The molecule has 1 spiro atoms. The van der Waals surface area contributed by atoms with Gasteiger partial charge in [-0.1, -0.05) is 26.0 Å². The number of rotatable bonds is 9. The third kappa shape index (κ3) is 4.82. The number of carbonyl (C=O) groups excluding carboxylic acids is 2. The maximum Gasteiger partial charge on any atom is 0.306 e. The van der Waals surface area contributed by atoms with Crippen LogP contribution in [0.5, 0.6) is 0 Å². The second-order valence-corrected chi connectivity index (χ2v) is 16.3. The molecular formula is C27H44O6Si. The monoisotopic (exact) mass is 492 g/mol. The summed E-state index contributed by atoms with van der Waals surface area (Å²) in [6.45, 7) is 10.4. The van der Waals surface area contributed by atoms with Crippen LogP contribution in [0.25, 0.3) is 0 Å². The Bertz CT molecular complexity index is 801. The van der Waals surface area contributed by atoms with Gasteiger partial charge in [0, 0.05) is 24.4 Å². The molecule has 2 heterocycles. The Kier molecular flexibility index (Phi) is 7.50. The Balaban J connectivity index is 1.43. The molecule has 0 aromatic carbocycles. The predicted molar refractivity (Wildman–Crippen MR) is 133 cm³/mol. The summed E-state index contributed by atoms with van der Waals surface area (Å²) < 4.78 is 23.3. The first-order valence-electron chi connectivity index (χ1n) is 13.2. The van der Waals surface area contributed by atoms with Crippen molar-refractivity contribution in [1.29, 1.82) is 0 Å². The van der Waals surface area contributed by atoms with E-state index in [0.29, 0.717) is 13.0 Å². The minimum Gasteiger partial charge on any atom is -0.469 e. The molecule has 0 radical (unpaired) electrons. The molecule has 34 heavy (non-hydrogen) atoms. The lowest BCUT2D eigenvalue weighted by molar-refractivity contribution is -0.155. The van der Waals surface area contributed by atoms with Crippen molar-refractivity contribution in [2.24, 2.45) is 22.7 Å². The third-order valence-corrected chi connectivity index (χ3v) is 11.7. The van der Waals surface area contributed by atoms with Gasteiger partial charge < -0.3 is 18.6 Å². The molecule has 6 nitrogen and oxygen atoms in total. The fraction of sp³-hybridized carbons (Fsp3) is 0.852. The van der Waals surface area contributed by atoms with Gasteiger partial charge in [-0.25, -0.2) is 0 Å². The summed E-state index contributed by atoms with van der Waals surface area (Å²) in [5.74, 6) is 0.453. The van der Waals surface area contributed by atoms with Gasteiger partial charge in [0.2, 0.25) is 0 Å². The lowest BCUT2D eigenvalue weighted by Gasteiger charge is -2.48. The van der Waals surface area contributed by atoms with Crippen LogP contribution >= 0.6 is 0 Å². The molecular weight excluding hydrogens is 448 g/mol. The van der Waals surface area contributed by atoms with Gasteiger partial charge in [-0.3, -0.25) is 9.59 Å². The number of carbonyl (C=O) groups is 2. The number of Topliss-reactive ketones (excluding diaryl/α,β-unsaturated/α-hetero) is 1. The van der Waals surface area contributed by atoms with E-state index in [1.807, 2.05) is 0 Å². The minimum atomic E-state index is -1.95. The minimum absolute atomic E-state index is 0.0355. The number of hydrogen-bond donors (Lipinski definition) is 0. The maximum atomic E-state index is 13.9. The van der Waals surface area contributed by atoms with E-state index in [1.54, 1.807) is 0 Å². The van der Waals surface area contributed by atoms with E-state index in [4.69, 9.17) is 18.6 Å². The van der Waals surface area contributed by atoms with Crippen molar-refractivity contribution in [1.82, 2.24) is 0 Å². The van der Waals surface area contributed by atoms with Gasteiger partial charge in [-0.15, -0.1) is 0 Å². The van der Waals surface area contributed by atoms with Gasteiger partial charge >= 0.3 is 5.97 Å². The first-order valence-corrected chi connectivity index (χ1v) is 16.4. The Morgan fingerprint density at radius 3 is 2.74 bits per heavy atom. The first-order chi connectivity index (χ1) is 16.1. The smallest absolute Gasteiger partial charge is 0.306 e. The van der Waals surface area contributed by atoms with Crippen LogP contribution in [0.3, 0.4) is 0 Å². The van der Waals surface area contributed by atoms with Crippen molar-refractivity contribution in [2.75, 3.05) is 20.3 Å². The molecule has 4 fully saturated rings. The van der Waals surface area contributed by atoms with E-state index in [0.717, 1.165) is 57.6 Å².